The topological polar surface area (TPSA) is 108 Å². The molecule has 0 amide bonds. The first-order chi connectivity index (χ1) is 9.20. The Kier molecular flexibility index (Phi) is 4.48. The molecule has 5 N–H and O–H groups in total. The third-order valence-corrected chi connectivity index (χ3v) is 2.76. The number of H-pyrrole nitrogens is 1. The summed E-state index contributed by atoms with van der Waals surface area (Å²) >= 11 is 0. The van der Waals surface area contributed by atoms with Crippen molar-refractivity contribution in [3.63, 3.8) is 0 Å². The average Bonchev–Trinajstić information content (AvgIpc) is 2.85. The Morgan fingerprint density at radius 2 is 2.16 bits per heavy atom. The number of nitrogen functional groups attached to an aromatic ring is 1. The number of aromatic amines is 1. The minimum Gasteiger partial charge on any atom is -0.369 e. The largest absolute Gasteiger partial charge is 0.369 e. The predicted octanol–water partition coefficient (Wildman–Crippen LogP) is 0.392. The van der Waals surface area contributed by atoms with Gasteiger partial charge >= 0.3 is 0 Å². The monoisotopic (exact) mass is 264 g/mol. The number of rotatable bonds is 7. The van der Waals surface area contributed by atoms with Gasteiger partial charge in [-0.3, -0.25) is 10.5 Å². The summed E-state index contributed by atoms with van der Waals surface area (Å²) < 4.78 is 0. The van der Waals surface area contributed by atoms with Gasteiger partial charge < -0.3 is 10.2 Å². The van der Waals surface area contributed by atoms with Gasteiger partial charge in [-0.1, -0.05) is 0 Å². The lowest BCUT2D eigenvalue weighted by atomic mass is 10.3. The zero-order chi connectivity index (χ0) is 13.7. The number of unbranched alkanes of at least 4 members (excludes halogenated alkanes) is 1. The van der Waals surface area contributed by atoms with E-state index in [0.29, 0.717) is 11.6 Å². The third-order valence-electron chi connectivity index (χ3n) is 2.76. The number of nitrogens with two attached hydrogens (primary N) is 1. The van der Waals surface area contributed by atoms with Gasteiger partial charge in [0.15, 0.2) is 5.65 Å². The molecule has 8 nitrogen and oxygen atoms in total. The van der Waals surface area contributed by atoms with Crippen LogP contribution < -0.4 is 16.6 Å². The van der Waals surface area contributed by atoms with Crippen LogP contribution in [-0.2, 0) is 0 Å². The van der Waals surface area contributed by atoms with Gasteiger partial charge in [0, 0.05) is 6.54 Å². The first-order valence-corrected chi connectivity index (χ1v) is 6.27. The molecule has 0 aromatic carbocycles. The van der Waals surface area contributed by atoms with Crippen LogP contribution in [0.2, 0.25) is 0 Å². The Morgan fingerprint density at radius 1 is 1.32 bits per heavy atom. The van der Waals surface area contributed by atoms with Gasteiger partial charge in [0.1, 0.15) is 5.82 Å². The van der Waals surface area contributed by atoms with Crippen molar-refractivity contribution in [2.75, 3.05) is 37.9 Å². The number of hydrazine groups is 1. The minimum absolute atomic E-state index is 0.368. The summed E-state index contributed by atoms with van der Waals surface area (Å²) in [6.45, 7) is 1.94. The molecule has 0 spiro atoms. The second-order valence-corrected chi connectivity index (χ2v) is 4.61. The van der Waals surface area contributed by atoms with Gasteiger partial charge in [0.25, 0.3) is 0 Å². The zero-order valence-electron chi connectivity index (χ0n) is 11.3. The Balaban J connectivity index is 1.97. The maximum atomic E-state index is 5.35. The van der Waals surface area contributed by atoms with E-state index in [9.17, 15) is 0 Å². The number of nitrogens with zero attached hydrogens (tertiary/aromatic N) is 4. The molecule has 2 rings (SSSR count). The van der Waals surface area contributed by atoms with Crippen molar-refractivity contribution in [1.82, 2.24) is 25.1 Å². The van der Waals surface area contributed by atoms with Crippen LogP contribution in [0.1, 0.15) is 12.8 Å². The average molecular weight is 264 g/mol. The highest BCUT2D eigenvalue weighted by atomic mass is 15.3. The maximum Gasteiger partial charge on any atom is 0.241 e. The Labute approximate surface area is 111 Å². The standard InChI is InChI=1S/C11H20N8/c1-19(2)6-4-3-5-13-9-8-7-14-18-10(8)16-11(15-9)17-12/h7H,3-6,12H2,1-2H3,(H3,13,14,15,16,17,18). The van der Waals surface area contributed by atoms with Crippen molar-refractivity contribution in [3.05, 3.63) is 6.20 Å². The van der Waals surface area contributed by atoms with E-state index >= 15 is 0 Å². The van der Waals surface area contributed by atoms with Crippen molar-refractivity contribution in [1.29, 1.82) is 0 Å². The van der Waals surface area contributed by atoms with Gasteiger partial charge in [-0.15, -0.1) is 0 Å². The highest BCUT2D eigenvalue weighted by Gasteiger charge is 2.08. The molecular formula is C11H20N8. The predicted molar refractivity (Wildman–Crippen MR) is 75.8 cm³/mol. The molecule has 19 heavy (non-hydrogen) atoms. The van der Waals surface area contributed by atoms with Crippen LogP contribution in [-0.4, -0.2) is 52.3 Å². The first-order valence-electron chi connectivity index (χ1n) is 6.27. The number of fused-ring (bicyclic) bond motifs is 1. The van der Waals surface area contributed by atoms with Gasteiger partial charge in [-0.2, -0.15) is 15.1 Å². The third kappa shape index (κ3) is 3.52. The van der Waals surface area contributed by atoms with Gasteiger partial charge in [-0.05, 0) is 33.5 Å². The highest BCUT2D eigenvalue weighted by molar-refractivity contribution is 5.86. The van der Waals surface area contributed by atoms with E-state index in [1.165, 1.54) is 0 Å². The fourth-order valence-electron chi connectivity index (χ4n) is 1.79. The van der Waals surface area contributed by atoms with Crippen LogP contribution in [0.4, 0.5) is 11.8 Å². The molecule has 8 heteroatoms. The van der Waals surface area contributed by atoms with Gasteiger partial charge in [0.2, 0.25) is 5.95 Å². The van der Waals surface area contributed by atoms with E-state index < -0.39 is 0 Å². The van der Waals surface area contributed by atoms with Crippen molar-refractivity contribution in [2.45, 2.75) is 12.8 Å². The number of anilines is 2. The number of aromatic nitrogens is 4. The lowest BCUT2D eigenvalue weighted by Gasteiger charge is -2.10. The van der Waals surface area contributed by atoms with E-state index in [-0.39, 0.29) is 0 Å². The summed E-state index contributed by atoms with van der Waals surface area (Å²) in [7, 11) is 4.15. The molecule has 0 aliphatic carbocycles. The van der Waals surface area contributed by atoms with E-state index in [4.69, 9.17) is 5.84 Å². The number of hydrogen-bond acceptors (Lipinski definition) is 7. The summed E-state index contributed by atoms with van der Waals surface area (Å²) in [4.78, 5) is 10.6. The molecule has 104 valence electrons. The normalized spacial score (nSPS) is 11.2. The Hall–Kier alpha value is -1.93. The smallest absolute Gasteiger partial charge is 0.241 e. The Bertz CT molecular complexity index is 520. The van der Waals surface area contributed by atoms with E-state index in [0.717, 1.165) is 37.1 Å². The SMILES string of the molecule is CN(C)CCCCNc1nc(NN)nc2[nH]ncc12. The molecular weight excluding hydrogens is 244 g/mol. The molecule has 0 saturated carbocycles. The molecule has 0 bridgehead atoms. The first kappa shape index (κ1) is 13.5. The summed E-state index contributed by atoms with van der Waals surface area (Å²) in [5, 5.41) is 10.9. The lowest BCUT2D eigenvalue weighted by Crippen LogP contribution is -2.15. The van der Waals surface area contributed by atoms with Crippen LogP contribution in [0.3, 0.4) is 0 Å². The van der Waals surface area contributed by atoms with E-state index in [1.54, 1.807) is 6.20 Å². The van der Waals surface area contributed by atoms with Gasteiger partial charge in [0.05, 0.1) is 11.6 Å². The maximum absolute atomic E-state index is 5.35. The lowest BCUT2D eigenvalue weighted by molar-refractivity contribution is 0.396. The fraction of sp³-hybridized carbons (Fsp3) is 0.545. The fourth-order valence-corrected chi connectivity index (χ4v) is 1.79. The highest BCUT2D eigenvalue weighted by Crippen LogP contribution is 2.19. The molecule has 2 aromatic heterocycles. The van der Waals surface area contributed by atoms with Crippen molar-refractivity contribution < 1.29 is 0 Å². The van der Waals surface area contributed by atoms with Crippen molar-refractivity contribution in [2.24, 2.45) is 5.84 Å². The molecule has 0 saturated heterocycles. The number of hydrogen-bond donors (Lipinski definition) is 4. The molecule has 2 heterocycles. The van der Waals surface area contributed by atoms with Crippen LogP contribution >= 0.6 is 0 Å². The molecule has 0 unspecified atom stereocenters. The van der Waals surface area contributed by atoms with Crippen LogP contribution in [0.15, 0.2) is 6.20 Å². The molecule has 0 radical (unpaired) electrons. The second kappa shape index (κ2) is 6.30. The second-order valence-electron chi connectivity index (χ2n) is 4.61. The summed E-state index contributed by atoms with van der Waals surface area (Å²) in [5.41, 5.74) is 3.11. The molecule has 0 atom stereocenters. The number of nitrogens with one attached hydrogen (secondary N) is 3. The van der Waals surface area contributed by atoms with Crippen LogP contribution in [0, 0.1) is 0 Å². The Morgan fingerprint density at radius 3 is 2.89 bits per heavy atom. The van der Waals surface area contributed by atoms with E-state index in [1.807, 2.05) is 0 Å². The van der Waals surface area contributed by atoms with Crippen molar-refractivity contribution in [3.8, 4) is 0 Å². The molecule has 0 aliphatic rings. The molecule has 0 aliphatic heterocycles. The molecule has 0 fully saturated rings. The zero-order valence-corrected chi connectivity index (χ0v) is 11.3. The summed E-state index contributed by atoms with van der Waals surface area (Å²) in [6.07, 6.45) is 3.92. The van der Waals surface area contributed by atoms with E-state index in [2.05, 4.69) is 49.9 Å². The quantitative estimate of drug-likeness (QED) is 0.325. The summed E-state index contributed by atoms with van der Waals surface area (Å²) in [6, 6.07) is 0. The molecule has 2 aromatic rings. The minimum atomic E-state index is 0.368. The van der Waals surface area contributed by atoms with Gasteiger partial charge in [-0.25, -0.2) is 5.84 Å². The van der Waals surface area contributed by atoms with Crippen LogP contribution in [0.5, 0.6) is 0 Å². The van der Waals surface area contributed by atoms with Crippen molar-refractivity contribution >= 4 is 22.8 Å². The van der Waals surface area contributed by atoms with Crippen LogP contribution in [0.25, 0.3) is 11.0 Å². The summed E-state index contributed by atoms with van der Waals surface area (Å²) in [5.74, 6) is 6.46.